The number of nitrogen functional groups attached to an aromatic ring is 1. The molecular weight excluding hydrogens is 240 g/mol. The number of nitrogens with zero attached hydrogens (tertiary/aromatic N) is 2. The van der Waals surface area contributed by atoms with E-state index in [4.69, 9.17) is 10.5 Å². The number of aromatic nitrogens is 2. The molecule has 1 aromatic heterocycles. The second-order valence-corrected chi connectivity index (χ2v) is 4.99. The first-order valence-corrected chi connectivity index (χ1v) is 7.01. The van der Waals surface area contributed by atoms with Gasteiger partial charge in [-0.15, -0.1) is 0 Å². The third kappa shape index (κ3) is 5.03. The molecule has 0 atom stereocenters. The lowest BCUT2D eigenvalue weighted by Crippen LogP contribution is -2.12. The van der Waals surface area contributed by atoms with Crippen molar-refractivity contribution in [1.82, 2.24) is 9.97 Å². The molecule has 0 amide bonds. The number of nitrogens with one attached hydrogen (secondary N) is 1. The standard InChI is InChI=1S/C14H26N4O/c1-5-8-19-9-6-7-16-14-11(4)12(15)17-13(18-14)10(2)3/h10H,5-9H2,1-4H3,(H3,15,16,17,18). The van der Waals surface area contributed by atoms with Crippen LogP contribution in [0.15, 0.2) is 0 Å². The second kappa shape index (κ2) is 7.94. The van der Waals surface area contributed by atoms with Crippen molar-refractivity contribution in [3.05, 3.63) is 11.4 Å². The number of hydrogen-bond donors (Lipinski definition) is 2. The van der Waals surface area contributed by atoms with Gasteiger partial charge in [0.1, 0.15) is 17.5 Å². The van der Waals surface area contributed by atoms with E-state index >= 15 is 0 Å². The number of nitrogens with two attached hydrogens (primary N) is 1. The van der Waals surface area contributed by atoms with Crippen LogP contribution in [-0.4, -0.2) is 29.7 Å². The van der Waals surface area contributed by atoms with Crippen molar-refractivity contribution in [2.24, 2.45) is 0 Å². The van der Waals surface area contributed by atoms with Crippen LogP contribution in [-0.2, 0) is 4.74 Å². The van der Waals surface area contributed by atoms with Crippen molar-refractivity contribution in [1.29, 1.82) is 0 Å². The van der Waals surface area contributed by atoms with Crippen molar-refractivity contribution in [2.45, 2.75) is 46.5 Å². The van der Waals surface area contributed by atoms with Gasteiger partial charge >= 0.3 is 0 Å². The van der Waals surface area contributed by atoms with E-state index in [2.05, 4.69) is 36.1 Å². The average molecular weight is 266 g/mol. The van der Waals surface area contributed by atoms with Crippen LogP contribution >= 0.6 is 0 Å². The molecule has 5 heteroatoms. The van der Waals surface area contributed by atoms with Gasteiger partial charge < -0.3 is 15.8 Å². The molecule has 108 valence electrons. The molecule has 0 saturated heterocycles. The Kier molecular flexibility index (Phi) is 6.56. The summed E-state index contributed by atoms with van der Waals surface area (Å²) in [5.74, 6) is 2.46. The first kappa shape index (κ1) is 15.7. The average Bonchev–Trinajstić information content (AvgIpc) is 2.37. The Balaban J connectivity index is 2.52. The highest BCUT2D eigenvalue weighted by Gasteiger charge is 2.10. The van der Waals surface area contributed by atoms with E-state index in [-0.39, 0.29) is 5.92 Å². The summed E-state index contributed by atoms with van der Waals surface area (Å²) in [6.07, 6.45) is 2.02. The number of rotatable bonds is 8. The summed E-state index contributed by atoms with van der Waals surface area (Å²) in [5, 5.41) is 3.31. The zero-order valence-electron chi connectivity index (χ0n) is 12.5. The molecule has 0 unspecified atom stereocenters. The Morgan fingerprint density at radius 2 is 2.00 bits per heavy atom. The monoisotopic (exact) mass is 266 g/mol. The maximum atomic E-state index is 5.91. The largest absolute Gasteiger partial charge is 0.383 e. The van der Waals surface area contributed by atoms with E-state index in [0.29, 0.717) is 5.82 Å². The van der Waals surface area contributed by atoms with Crippen LogP contribution in [0, 0.1) is 6.92 Å². The number of ether oxygens (including phenoxy) is 1. The Morgan fingerprint density at radius 3 is 2.63 bits per heavy atom. The third-order valence-electron chi connectivity index (χ3n) is 2.82. The number of hydrogen-bond acceptors (Lipinski definition) is 5. The van der Waals surface area contributed by atoms with Gasteiger partial charge in [-0.2, -0.15) is 0 Å². The Bertz CT molecular complexity index is 393. The van der Waals surface area contributed by atoms with Gasteiger partial charge in [0, 0.05) is 31.2 Å². The molecule has 0 fully saturated rings. The summed E-state index contributed by atoms with van der Waals surface area (Å²) in [7, 11) is 0. The van der Waals surface area contributed by atoms with Crippen LogP contribution in [0.25, 0.3) is 0 Å². The van der Waals surface area contributed by atoms with Crippen molar-refractivity contribution in [3.8, 4) is 0 Å². The molecule has 1 aromatic rings. The second-order valence-electron chi connectivity index (χ2n) is 4.99. The summed E-state index contributed by atoms with van der Waals surface area (Å²) in [4.78, 5) is 8.83. The molecule has 1 rings (SSSR count). The quantitative estimate of drug-likeness (QED) is 0.708. The molecule has 0 aliphatic rings. The van der Waals surface area contributed by atoms with Gasteiger partial charge in [0.05, 0.1) is 0 Å². The molecule has 0 aliphatic carbocycles. The van der Waals surface area contributed by atoms with Crippen molar-refractivity contribution >= 4 is 11.6 Å². The minimum atomic E-state index is 0.274. The molecule has 5 nitrogen and oxygen atoms in total. The Hall–Kier alpha value is -1.36. The molecule has 0 spiro atoms. The van der Waals surface area contributed by atoms with Crippen molar-refractivity contribution < 1.29 is 4.74 Å². The SMILES string of the molecule is CCCOCCCNc1nc(C(C)C)nc(N)c1C. The molecule has 0 radical (unpaired) electrons. The van der Waals surface area contributed by atoms with E-state index in [0.717, 1.165) is 49.8 Å². The number of anilines is 2. The lowest BCUT2D eigenvalue weighted by Gasteiger charge is -2.13. The highest BCUT2D eigenvalue weighted by Crippen LogP contribution is 2.20. The zero-order valence-corrected chi connectivity index (χ0v) is 12.5. The Morgan fingerprint density at radius 1 is 1.26 bits per heavy atom. The van der Waals surface area contributed by atoms with E-state index in [1.165, 1.54) is 0 Å². The van der Waals surface area contributed by atoms with E-state index in [9.17, 15) is 0 Å². The van der Waals surface area contributed by atoms with Crippen LogP contribution in [0.1, 0.15) is 50.9 Å². The topological polar surface area (TPSA) is 73.1 Å². The van der Waals surface area contributed by atoms with Crippen molar-refractivity contribution in [2.75, 3.05) is 30.8 Å². The fourth-order valence-electron chi connectivity index (χ4n) is 1.61. The van der Waals surface area contributed by atoms with Gasteiger partial charge in [-0.05, 0) is 19.8 Å². The fourth-order valence-corrected chi connectivity index (χ4v) is 1.61. The summed E-state index contributed by atoms with van der Waals surface area (Å²) in [6, 6.07) is 0. The predicted octanol–water partition coefficient (Wildman–Crippen LogP) is 2.72. The fraction of sp³-hybridized carbons (Fsp3) is 0.714. The van der Waals surface area contributed by atoms with Gasteiger partial charge in [0.15, 0.2) is 0 Å². The van der Waals surface area contributed by atoms with Crippen LogP contribution < -0.4 is 11.1 Å². The third-order valence-corrected chi connectivity index (χ3v) is 2.82. The van der Waals surface area contributed by atoms with E-state index in [1.807, 2.05) is 6.92 Å². The lowest BCUT2D eigenvalue weighted by molar-refractivity contribution is 0.134. The molecular formula is C14H26N4O. The minimum absolute atomic E-state index is 0.274. The smallest absolute Gasteiger partial charge is 0.135 e. The molecule has 0 bridgehead atoms. The maximum Gasteiger partial charge on any atom is 0.135 e. The van der Waals surface area contributed by atoms with Crippen LogP contribution in [0.5, 0.6) is 0 Å². The first-order chi connectivity index (χ1) is 9.06. The Labute approximate surface area is 116 Å². The predicted molar refractivity (Wildman–Crippen MR) is 79.5 cm³/mol. The van der Waals surface area contributed by atoms with Crippen LogP contribution in [0.4, 0.5) is 11.6 Å². The van der Waals surface area contributed by atoms with Gasteiger partial charge in [-0.3, -0.25) is 0 Å². The van der Waals surface area contributed by atoms with E-state index < -0.39 is 0 Å². The lowest BCUT2D eigenvalue weighted by atomic mass is 10.2. The van der Waals surface area contributed by atoms with Gasteiger partial charge in [0.2, 0.25) is 0 Å². The highest BCUT2D eigenvalue weighted by atomic mass is 16.5. The zero-order chi connectivity index (χ0) is 14.3. The van der Waals surface area contributed by atoms with E-state index in [1.54, 1.807) is 0 Å². The first-order valence-electron chi connectivity index (χ1n) is 7.01. The maximum absolute atomic E-state index is 5.91. The van der Waals surface area contributed by atoms with Crippen molar-refractivity contribution in [3.63, 3.8) is 0 Å². The molecule has 19 heavy (non-hydrogen) atoms. The summed E-state index contributed by atoms with van der Waals surface area (Å²) < 4.78 is 5.44. The normalized spacial score (nSPS) is 11.0. The summed E-state index contributed by atoms with van der Waals surface area (Å²) in [5.41, 5.74) is 6.83. The van der Waals surface area contributed by atoms with Gasteiger partial charge in [0.25, 0.3) is 0 Å². The molecule has 1 heterocycles. The summed E-state index contributed by atoms with van der Waals surface area (Å²) in [6.45, 7) is 10.6. The summed E-state index contributed by atoms with van der Waals surface area (Å²) >= 11 is 0. The van der Waals surface area contributed by atoms with Crippen LogP contribution in [0.2, 0.25) is 0 Å². The van der Waals surface area contributed by atoms with Gasteiger partial charge in [-0.1, -0.05) is 20.8 Å². The molecule has 0 saturated carbocycles. The molecule has 0 aromatic carbocycles. The van der Waals surface area contributed by atoms with Crippen LogP contribution in [0.3, 0.4) is 0 Å². The molecule has 3 N–H and O–H groups in total. The van der Waals surface area contributed by atoms with Gasteiger partial charge in [-0.25, -0.2) is 9.97 Å². The highest BCUT2D eigenvalue weighted by molar-refractivity contribution is 5.54. The molecule has 0 aliphatic heterocycles. The minimum Gasteiger partial charge on any atom is -0.383 e.